The largest absolute Gasteiger partial charge is 0.392 e. The van der Waals surface area contributed by atoms with E-state index in [4.69, 9.17) is 0 Å². The Balaban J connectivity index is 2.33. The summed E-state index contributed by atoms with van der Waals surface area (Å²) >= 11 is 0. The Hall–Kier alpha value is -1.79. The summed E-state index contributed by atoms with van der Waals surface area (Å²) in [5.41, 5.74) is 3.31. The van der Waals surface area contributed by atoms with Gasteiger partial charge in [0.2, 0.25) is 0 Å². The second kappa shape index (κ2) is 6.98. The van der Waals surface area contributed by atoms with Crippen LogP contribution in [0.3, 0.4) is 0 Å². The van der Waals surface area contributed by atoms with Crippen LogP contribution in [0.4, 0.5) is 0 Å². The zero-order chi connectivity index (χ0) is 16.3. The number of benzene rings is 1. The topological polar surface area (TPSA) is 67.1 Å². The molecule has 2 rings (SSSR count). The van der Waals surface area contributed by atoms with E-state index in [0.717, 1.165) is 22.6 Å². The van der Waals surface area contributed by atoms with Crippen LogP contribution in [0.25, 0.3) is 5.69 Å². The molecule has 22 heavy (non-hydrogen) atoms. The number of hydrogen-bond donors (Lipinski definition) is 1. The van der Waals surface area contributed by atoms with Crippen molar-refractivity contribution in [2.24, 2.45) is 0 Å². The molecule has 0 aliphatic carbocycles. The Morgan fingerprint density at radius 1 is 1.18 bits per heavy atom. The van der Waals surface area contributed by atoms with E-state index < -0.39 is 0 Å². The van der Waals surface area contributed by atoms with E-state index in [1.165, 1.54) is 0 Å². The van der Waals surface area contributed by atoms with Crippen LogP contribution in [-0.2, 0) is 6.54 Å². The average Bonchev–Trinajstić information content (AvgIpc) is 2.85. The highest BCUT2D eigenvalue weighted by molar-refractivity contribution is 5.46. The maximum absolute atomic E-state index is 9.67. The number of aryl methyl sites for hydroxylation is 2. The van der Waals surface area contributed by atoms with E-state index in [1.807, 2.05) is 10.7 Å². The monoisotopic (exact) mass is 303 g/mol. The van der Waals surface area contributed by atoms with Gasteiger partial charge in [0.15, 0.2) is 5.82 Å². The zero-order valence-electron chi connectivity index (χ0n) is 14.0. The van der Waals surface area contributed by atoms with Gasteiger partial charge >= 0.3 is 0 Å². The lowest BCUT2D eigenvalue weighted by atomic mass is 10.1. The van der Waals surface area contributed by atoms with Gasteiger partial charge in [0.25, 0.3) is 0 Å². The molecule has 0 amide bonds. The maximum Gasteiger partial charge on any atom is 0.170 e. The lowest BCUT2D eigenvalue weighted by Crippen LogP contribution is -2.37. The van der Waals surface area contributed by atoms with Gasteiger partial charge in [0, 0.05) is 12.6 Å². The molecule has 0 saturated carbocycles. The third-order valence-electron chi connectivity index (χ3n) is 3.76. The predicted octanol–water partition coefficient (Wildman–Crippen LogP) is 1.87. The first-order valence-electron chi connectivity index (χ1n) is 7.66. The van der Waals surface area contributed by atoms with Crippen LogP contribution < -0.4 is 0 Å². The normalized spacial score (nSPS) is 13.1. The van der Waals surface area contributed by atoms with Gasteiger partial charge in [-0.05, 0) is 56.2 Å². The Kier molecular flexibility index (Phi) is 5.26. The molecule has 0 bridgehead atoms. The molecule has 1 atom stereocenters. The summed E-state index contributed by atoms with van der Waals surface area (Å²) in [4.78, 5) is 2.17. The van der Waals surface area contributed by atoms with Crippen LogP contribution >= 0.6 is 0 Å². The number of nitrogens with zero attached hydrogens (tertiary/aromatic N) is 5. The first-order chi connectivity index (χ1) is 10.4. The molecular formula is C16H25N5O. The second-order valence-corrected chi connectivity index (χ2v) is 6.12. The van der Waals surface area contributed by atoms with Crippen molar-refractivity contribution in [3.63, 3.8) is 0 Å². The number of hydrogen-bond acceptors (Lipinski definition) is 5. The quantitative estimate of drug-likeness (QED) is 0.882. The lowest BCUT2D eigenvalue weighted by Gasteiger charge is -2.27. The fourth-order valence-corrected chi connectivity index (χ4v) is 2.60. The molecule has 1 aromatic carbocycles. The second-order valence-electron chi connectivity index (χ2n) is 6.12. The molecule has 0 saturated heterocycles. The molecule has 0 radical (unpaired) electrons. The van der Waals surface area contributed by atoms with Gasteiger partial charge in [-0.15, -0.1) is 5.10 Å². The molecule has 6 nitrogen and oxygen atoms in total. The van der Waals surface area contributed by atoms with E-state index in [-0.39, 0.29) is 6.10 Å². The molecule has 1 heterocycles. The smallest absolute Gasteiger partial charge is 0.170 e. The van der Waals surface area contributed by atoms with Gasteiger partial charge in [-0.1, -0.05) is 18.2 Å². The third kappa shape index (κ3) is 3.69. The molecular weight excluding hydrogens is 278 g/mol. The molecule has 1 unspecified atom stereocenters. The average molecular weight is 303 g/mol. The molecule has 1 aromatic heterocycles. The van der Waals surface area contributed by atoms with Crippen molar-refractivity contribution in [1.82, 2.24) is 25.1 Å². The van der Waals surface area contributed by atoms with E-state index in [2.05, 4.69) is 60.3 Å². The Morgan fingerprint density at radius 2 is 1.82 bits per heavy atom. The summed E-state index contributed by atoms with van der Waals surface area (Å²) in [6, 6.07) is 6.46. The zero-order valence-corrected chi connectivity index (χ0v) is 14.0. The van der Waals surface area contributed by atoms with Crippen LogP contribution in [0.2, 0.25) is 0 Å². The molecule has 0 fully saturated rings. The Morgan fingerprint density at radius 3 is 2.36 bits per heavy atom. The van der Waals surface area contributed by atoms with Crippen molar-refractivity contribution in [2.75, 3.05) is 6.54 Å². The van der Waals surface area contributed by atoms with Crippen molar-refractivity contribution in [3.05, 3.63) is 35.2 Å². The summed E-state index contributed by atoms with van der Waals surface area (Å²) in [7, 11) is 0. The first-order valence-corrected chi connectivity index (χ1v) is 7.66. The number of para-hydroxylation sites is 1. The van der Waals surface area contributed by atoms with Gasteiger partial charge in [-0.2, -0.15) is 4.68 Å². The molecule has 0 spiro atoms. The summed E-state index contributed by atoms with van der Waals surface area (Å²) in [6.07, 6.45) is -0.382. The maximum atomic E-state index is 9.67. The van der Waals surface area contributed by atoms with Crippen molar-refractivity contribution >= 4 is 0 Å². The third-order valence-corrected chi connectivity index (χ3v) is 3.76. The summed E-state index contributed by atoms with van der Waals surface area (Å²) in [5, 5.41) is 21.9. The van der Waals surface area contributed by atoms with E-state index in [0.29, 0.717) is 19.1 Å². The Bertz CT molecular complexity index is 600. The summed E-state index contributed by atoms with van der Waals surface area (Å²) in [5.74, 6) is 0.784. The summed E-state index contributed by atoms with van der Waals surface area (Å²) in [6.45, 7) is 11.3. The summed E-state index contributed by atoms with van der Waals surface area (Å²) < 4.78 is 1.81. The minimum Gasteiger partial charge on any atom is -0.392 e. The van der Waals surface area contributed by atoms with Crippen LogP contribution in [0.1, 0.15) is 37.7 Å². The van der Waals surface area contributed by atoms with Crippen molar-refractivity contribution in [1.29, 1.82) is 0 Å². The molecule has 0 aliphatic heterocycles. The van der Waals surface area contributed by atoms with Gasteiger partial charge in [0.05, 0.1) is 18.3 Å². The SMILES string of the molecule is Cc1cccc(C)c1-n1nnnc1CN(CC(C)O)C(C)C. The van der Waals surface area contributed by atoms with Gasteiger partial charge in [0.1, 0.15) is 0 Å². The highest BCUT2D eigenvalue weighted by Crippen LogP contribution is 2.19. The number of rotatable bonds is 6. The number of aromatic nitrogens is 4. The highest BCUT2D eigenvalue weighted by atomic mass is 16.3. The minimum atomic E-state index is -0.382. The van der Waals surface area contributed by atoms with Crippen molar-refractivity contribution < 1.29 is 5.11 Å². The fourth-order valence-electron chi connectivity index (χ4n) is 2.60. The molecule has 120 valence electrons. The van der Waals surface area contributed by atoms with E-state index in [9.17, 15) is 5.11 Å². The van der Waals surface area contributed by atoms with Crippen LogP contribution in [-0.4, -0.2) is 48.9 Å². The lowest BCUT2D eigenvalue weighted by molar-refractivity contribution is 0.100. The van der Waals surface area contributed by atoms with Crippen molar-refractivity contribution in [3.8, 4) is 5.69 Å². The number of aliphatic hydroxyl groups is 1. The predicted molar refractivity (Wildman–Crippen MR) is 85.9 cm³/mol. The molecule has 1 N–H and O–H groups in total. The van der Waals surface area contributed by atoms with Gasteiger partial charge in [-0.3, -0.25) is 4.90 Å². The number of tetrazole rings is 1. The first kappa shape index (κ1) is 16.6. The van der Waals surface area contributed by atoms with Gasteiger partial charge in [-0.25, -0.2) is 0 Å². The van der Waals surface area contributed by atoms with E-state index >= 15 is 0 Å². The highest BCUT2D eigenvalue weighted by Gasteiger charge is 2.18. The molecule has 6 heteroatoms. The fraction of sp³-hybridized carbons (Fsp3) is 0.562. The van der Waals surface area contributed by atoms with Crippen molar-refractivity contribution in [2.45, 2.75) is 53.3 Å². The molecule has 2 aromatic rings. The van der Waals surface area contributed by atoms with Crippen LogP contribution in [0.5, 0.6) is 0 Å². The Labute approximate surface area is 131 Å². The molecule has 0 aliphatic rings. The standard InChI is InChI=1S/C16H25N5O/c1-11(2)20(9-14(5)22)10-15-17-18-19-21(15)16-12(3)7-6-8-13(16)4/h6-8,11,14,22H,9-10H2,1-5H3. The number of aliphatic hydroxyl groups excluding tert-OH is 1. The van der Waals surface area contributed by atoms with E-state index in [1.54, 1.807) is 6.92 Å². The van der Waals surface area contributed by atoms with Crippen LogP contribution in [0.15, 0.2) is 18.2 Å². The van der Waals surface area contributed by atoms with Crippen LogP contribution in [0, 0.1) is 13.8 Å². The minimum absolute atomic E-state index is 0.303. The van der Waals surface area contributed by atoms with Gasteiger partial charge < -0.3 is 5.11 Å².